The summed E-state index contributed by atoms with van der Waals surface area (Å²) in [5.41, 5.74) is 0.830. The summed E-state index contributed by atoms with van der Waals surface area (Å²) in [7, 11) is 0. The van der Waals surface area contributed by atoms with E-state index in [1.807, 2.05) is 12.1 Å². The SMILES string of the molecule is CCOC(=O)Cc1nc2cc(Cl)ccc2s1. The van der Waals surface area contributed by atoms with Crippen LogP contribution in [0.15, 0.2) is 18.2 Å². The largest absolute Gasteiger partial charge is 0.466 e. The molecule has 0 unspecified atom stereocenters. The molecule has 0 atom stereocenters. The second-order valence-electron chi connectivity index (χ2n) is 3.20. The quantitative estimate of drug-likeness (QED) is 0.792. The summed E-state index contributed by atoms with van der Waals surface area (Å²) in [4.78, 5) is 15.6. The van der Waals surface area contributed by atoms with E-state index in [1.54, 1.807) is 13.0 Å². The van der Waals surface area contributed by atoms with Gasteiger partial charge in [-0.15, -0.1) is 11.3 Å². The van der Waals surface area contributed by atoms with Crippen molar-refractivity contribution in [2.45, 2.75) is 13.3 Å². The molecule has 1 aromatic heterocycles. The number of benzene rings is 1. The standard InChI is InChI=1S/C11H10ClNO2S/c1-2-15-11(14)6-10-13-8-5-7(12)3-4-9(8)16-10/h3-5H,2,6H2,1H3. The molecule has 2 rings (SSSR count). The molecule has 0 N–H and O–H groups in total. The number of carbonyl (C=O) groups is 1. The molecule has 0 amide bonds. The summed E-state index contributed by atoms with van der Waals surface area (Å²) >= 11 is 7.35. The molecular formula is C11H10ClNO2S. The molecule has 84 valence electrons. The first kappa shape index (κ1) is 11.4. The Morgan fingerprint density at radius 1 is 1.56 bits per heavy atom. The van der Waals surface area contributed by atoms with Crippen molar-refractivity contribution in [3.05, 3.63) is 28.2 Å². The topological polar surface area (TPSA) is 39.2 Å². The van der Waals surface area contributed by atoms with Gasteiger partial charge in [0.15, 0.2) is 0 Å². The molecule has 1 heterocycles. The molecule has 3 nitrogen and oxygen atoms in total. The number of esters is 1. The number of rotatable bonds is 3. The molecular weight excluding hydrogens is 246 g/mol. The molecule has 0 saturated heterocycles. The summed E-state index contributed by atoms with van der Waals surface area (Å²) in [6.45, 7) is 2.19. The van der Waals surface area contributed by atoms with Crippen molar-refractivity contribution in [3.63, 3.8) is 0 Å². The summed E-state index contributed by atoms with van der Waals surface area (Å²) in [5.74, 6) is -0.243. The Morgan fingerprint density at radius 2 is 2.38 bits per heavy atom. The number of carbonyl (C=O) groups excluding carboxylic acids is 1. The zero-order valence-corrected chi connectivity index (χ0v) is 10.3. The molecule has 0 saturated carbocycles. The van der Waals surface area contributed by atoms with Gasteiger partial charge in [0.05, 0.1) is 23.2 Å². The second-order valence-corrected chi connectivity index (χ2v) is 4.75. The third-order valence-electron chi connectivity index (χ3n) is 1.99. The van der Waals surface area contributed by atoms with Gasteiger partial charge in [-0.3, -0.25) is 4.79 Å². The van der Waals surface area contributed by atoms with E-state index < -0.39 is 0 Å². The summed E-state index contributed by atoms with van der Waals surface area (Å²) in [5, 5.41) is 1.41. The van der Waals surface area contributed by atoms with Gasteiger partial charge in [-0.05, 0) is 25.1 Å². The van der Waals surface area contributed by atoms with Crippen molar-refractivity contribution >= 4 is 39.1 Å². The highest BCUT2D eigenvalue weighted by molar-refractivity contribution is 7.18. The van der Waals surface area contributed by atoms with Crippen LogP contribution < -0.4 is 0 Å². The number of fused-ring (bicyclic) bond motifs is 1. The number of aromatic nitrogens is 1. The highest BCUT2D eigenvalue weighted by atomic mass is 35.5. The molecule has 2 aromatic rings. The van der Waals surface area contributed by atoms with Crippen LogP contribution in [-0.4, -0.2) is 17.6 Å². The summed E-state index contributed by atoms with van der Waals surface area (Å²) < 4.78 is 5.90. The maximum atomic E-state index is 11.3. The monoisotopic (exact) mass is 255 g/mol. The third kappa shape index (κ3) is 2.51. The van der Waals surface area contributed by atoms with E-state index in [1.165, 1.54) is 11.3 Å². The maximum absolute atomic E-state index is 11.3. The lowest BCUT2D eigenvalue weighted by molar-refractivity contribution is -0.142. The van der Waals surface area contributed by atoms with E-state index in [2.05, 4.69) is 4.98 Å². The Morgan fingerprint density at radius 3 is 3.12 bits per heavy atom. The second kappa shape index (κ2) is 4.80. The average molecular weight is 256 g/mol. The van der Waals surface area contributed by atoms with Crippen LogP contribution in [0.2, 0.25) is 5.02 Å². The van der Waals surface area contributed by atoms with Crippen LogP contribution in [0.25, 0.3) is 10.2 Å². The van der Waals surface area contributed by atoms with Crippen molar-refractivity contribution in [3.8, 4) is 0 Å². The smallest absolute Gasteiger partial charge is 0.312 e. The van der Waals surface area contributed by atoms with Gasteiger partial charge in [0.1, 0.15) is 5.01 Å². The van der Waals surface area contributed by atoms with Crippen LogP contribution in [0.5, 0.6) is 0 Å². The van der Waals surface area contributed by atoms with Crippen LogP contribution in [0.4, 0.5) is 0 Å². The molecule has 1 aromatic carbocycles. The molecule has 0 aliphatic carbocycles. The van der Waals surface area contributed by atoms with Crippen LogP contribution in [0, 0.1) is 0 Å². The minimum absolute atomic E-state index is 0.227. The predicted molar refractivity (Wildman–Crippen MR) is 65.0 cm³/mol. The first-order chi connectivity index (χ1) is 7.69. The van der Waals surface area contributed by atoms with E-state index in [-0.39, 0.29) is 12.4 Å². The van der Waals surface area contributed by atoms with Crippen LogP contribution in [-0.2, 0) is 16.0 Å². The highest BCUT2D eigenvalue weighted by Crippen LogP contribution is 2.25. The Kier molecular flexibility index (Phi) is 3.41. The van der Waals surface area contributed by atoms with Gasteiger partial charge in [-0.1, -0.05) is 11.6 Å². The van der Waals surface area contributed by atoms with E-state index in [4.69, 9.17) is 16.3 Å². The number of halogens is 1. The maximum Gasteiger partial charge on any atom is 0.312 e. The Bertz CT molecular complexity index is 524. The first-order valence-corrected chi connectivity index (χ1v) is 6.09. The molecule has 5 heteroatoms. The molecule has 16 heavy (non-hydrogen) atoms. The molecule has 0 bridgehead atoms. The lowest BCUT2D eigenvalue weighted by Crippen LogP contribution is -2.06. The average Bonchev–Trinajstić information content (AvgIpc) is 2.59. The van der Waals surface area contributed by atoms with Crippen molar-refractivity contribution in [2.24, 2.45) is 0 Å². The van der Waals surface area contributed by atoms with Gasteiger partial charge in [0.2, 0.25) is 0 Å². The normalized spacial score (nSPS) is 10.6. The fourth-order valence-corrected chi connectivity index (χ4v) is 2.46. The number of hydrogen-bond donors (Lipinski definition) is 0. The van der Waals surface area contributed by atoms with E-state index in [0.29, 0.717) is 11.6 Å². The Labute approximate surface area is 102 Å². The van der Waals surface area contributed by atoms with Crippen molar-refractivity contribution < 1.29 is 9.53 Å². The molecule has 0 fully saturated rings. The van der Waals surface area contributed by atoms with E-state index in [9.17, 15) is 4.79 Å². The number of ether oxygens (including phenoxy) is 1. The van der Waals surface area contributed by atoms with Gasteiger partial charge in [0, 0.05) is 5.02 Å². The van der Waals surface area contributed by atoms with Gasteiger partial charge < -0.3 is 4.74 Å². The van der Waals surface area contributed by atoms with Gasteiger partial charge >= 0.3 is 5.97 Å². The van der Waals surface area contributed by atoms with Gasteiger partial charge in [-0.2, -0.15) is 0 Å². The fraction of sp³-hybridized carbons (Fsp3) is 0.273. The first-order valence-electron chi connectivity index (χ1n) is 4.89. The van der Waals surface area contributed by atoms with E-state index >= 15 is 0 Å². The summed E-state index contributed by atoms with van der Waals surface area (Å²) in [6, 6.07) is 5.52. The molecule has 0 spiro atoms. The Balaban J connectivity index is 2.23. The van der Waals surface area contributed by atoms with Crippen LogP contribution >= 0.6 is 22.9 Å². The zero-order valence-electron chi connectivity index (χ0n) is 8.70. The molecule has 0 radical (unpaired) electrons. The van der Waals surface area contributed by atoms with Crippen LogP contribution in [0.3, 0.4) is 0 Å². The zero-order chi connectivity index (χ0) is 11.5. The molecule has 0 aliphatic rings. The molecule has 0 aliphatic heterocycles. The predicted octanol–water partition coefficient (Wildman–Crippen LogP) is 3.06. The minimum atomic E-state index is -0.243. The summed E-state index contributed by atoms with van der Waals surface area (Å²) in [6.07, 6.45) is 0.227. The van der Waals surface area contributed by atoms with Crippen molar-refractivity contribution in [1.29, 1.82) is 0 Å². The van der Waals surface area contributed by atoms with Crippen LogP contribution in [0.1, 0.15) is 11.9 Å². The van der Waals surface area contributed by atoms with Crippen molar-refractivity contribution in [2.75, 3.05) is 6.61 Å². The minimum Gasteiger partial charge on any atom is -0.466 e. The number of thiazole rings is 1. The number of nitrogens with zero attached hydrogens (tertiary/aromatic N) is 1. The lowest BCUT2D eigenvalue weighted by Gasteiger charge is -1.97. The lowest BCUT2D eigenvalue weighted by atomic mass is 10.3. The third-order valence-corrected chi connectivity index (χ3v) is 3.27. The highest BCUT2D eigenvalue weighted by Gasteiger charge is 2.09. The van der Waals surface area contributed by atoms with Gasteiger partial charge in [-0.25, -0.2) is 4.98 Å². The number of hydrogen-bond acceptors (Lipinski definition) is 4. The van der Waals surface area contributed by atoms with Gasteiger partial charge in [0.25, 0.3) is 0 Å². The van der Waals surface area contributed by atoms with Crippen molar-refractivity contribution in [1.82, 2.24) is 4.98 Å². The fourth-order valence-electron chi connectivity index (χ4n) is 1.36. The Hall–Kier alpha value is -1.13. The van der Waals surface area contributed by atoms with E-state index in [0.717, 1.165) is 15.2 Å².